The van der Waals surface area contributed by atoms with Gasteiger partial charge in [0.05, 0.1) is 20.5 Å². The summed E-state index contributed by atoms with van der Waals surface area (Å²) in [7, 11) is -1.26. The first-order chi connectivity index (χ1) is 11.8. The Bertz CT molecular complexity index is 855. The Morgan fingerprint density at radius 1 is 1.08 bits per heavy atom. The molecule has 0 radical (unpaired) electrons. The lowest BCUT2D eigenvalue weighted by Gasteiger charge is -2.27. The molecule has 0 fully saturated rings. The van der Waals surface area contributed by atoms with E-state index in [-0.39, 0.29) is 10.7 Å². The molecule has 0 saturated carbocycles. The zero-order valence-electron chi connectivity index (χ0n) is 14.6. The fourth-order valence-corrected chi connectivity index (χ4v) is 4.01. The number of halogens is 2. The lowest BCUT2D eigenvalue weighted by Crippen LogP contribution is -2.23. The summed E-state index contributed by atoms with van der Waals surface area (Å²) in [6.45, 7) is 5.83. The Kier molecular flexibility index (Phi) is 5.38. The molecule has 3 rings (SSSR count). The van der Waals surface area contributed by atoms with Crippen molar-refractivity contribution in [3.05, 3.63) is 69.2 Å². The third kappa shape index (κ3) is 3.99. The zero-order valence-corrected chi connectivity index (χ0v) is 16.9. The molecule has 1 aliphatic carbocycles. The van der Waals surface area contributed by atoms with E-state index in [0.717, 1.165) is 29.7 Å². The first kappa shape index (κ1) is 18.6. The molecule has 25 heavy (non-hydrogen) atoms. The Morgan fingerprint density at radius 2 is 1.80 bits per heavy atom. The van der Waals surface area contributed by atoms with Crippen molar-refractivity contribution in [2.75, 3.05) is 0 Å². The maximum absolute atomic E-state index is 12.5. The van der Waals surface area contributed by atoms with Crippen LogP contribution in [-0.4, -0.2) is 14.7 Å². The normalized spacial score (nSPS) is 20.4. The van der Waals surface area contributed by atoms with Crippen LogP contribution in [0.2, 0.25) is 10.0 Å². The summed E-state index contributed by atoms with van der Waals surface area (Å²) in [6.07, 6.45) is 1.71. The minimum absolute atomic E-state index is 0.244. The van der Waals surface area contributed by atoms with E-state index in [1.54, 1.807) is 0 Å². The van der Waals surface area contributed by atoms with E-state index >= 15 is 0 Å². The molecular weight excluding hydrogens is 373 g/mol. The topological polar surface area (TPSA) is 29.4 Å². The minimum Gasteiger partial charge on any atom is -0.234 e. The fourth-order valence-electron chi connectivity index (χ4n) is 3.04. The van der Waals surface area contributed by atoms with E-state index in [2.05, 4.69) is 16.5 Å². The maximum atomic E-state index is 12.5. The summed E-state index contributed by atoms with van der Waals surface area (Å²) in [4.78, 5) is 0. The average molecular weight is 394 g/mol. The minimum atomic E-state index is -1.26. The zero-order chi connectivity index (χ0) is 18.2. The van der Waals surface area contributed by atoms with Gasteiger partial charge in [-0.05, 0) is 56.9 Å². The Labute approximate surface area is 161 Å². The van der Waals surface area contributed by atoms with Gasteiger partial charge in [0.1, 0.15) is 11.0 Å². The summed E-state index contributed by atoms with van der Waals surface area (Å²) in [5.41, 5.74) is 4.37. The molecule has 1 aliphatic rings. The Balaban J connectivity index is 2.03. The standard InChI is InChI=1S/C20H21Cl2NOS/c1-20(2,3)25(24)23-19-11-9-14(15-6-4-5-7-16(15)19)13-8-10-17(21)18(22)12-13/h4-8,10,12,14H,9,11H2,1-3H3/b23-19+/t14-,25-/m1/s1. The Hall–Kier alpha value is -1.16. The van der Waals surface area contributed by atoms with Crippen molar-refractivity contribution in [2.45, 2.75) is 44.3 Å². The third-order valence-electron chi connectivity index (χ3n) is 4.38. The molecule has 132 valence electrons. The van der Waals surface area contributed by atoms with Gasteiger partial charge in [-0.2, -0.15) is 4.40 Å². The van der Waals surface area contributed by atoms with E-state index in [1.165, 1.54) is 5.56 Å². The highest BCUT2D eigenvalue weighted by atomic mass is 35.5. The molecule has 2 aromatic rings. The second-order valence-corrected chi connectivity index (χ2v) is 9.97. The lowest BCUT2D eigenvalue weighted by atomic mass is 9.78. The predicted molar refractivity (Wildman–Crippen MR) is 108 cm³/mol. The molecular formula is C20H21Cl2NOS. The van der Waals surface area contributed by atoms with Crippen LogP contribution >= 0.6 is 23.2 Å². The number of hydrogen-bond donors (Lipinski definition) is 0. The highest BCUT2D eigenvalue weighted by molar-refractivity contribution is 7.85. The van der Waals surface area contributed by atoms with Crippen LogP contribution in [0.25, 0.3) is 0 Å². The van der Waals surface area contributed by atoms with Crippen molar-refractivity contribution in [1.82, 2.24) is 0 Å². The number of fused-ring (bicyclic) bond motifs is 1. The van der Waals surface area contributed by atoms with E-state index in [0.29, 0.717) is 10.0 Å². The van der Waals surface area contributed by atoms with Crippen molar-refractivity contribution >= 4 is 39.9 Å². The van der Waals surface area contributed by atoms with Crippen LogP contribution < -0.4 is 0 Å². The molecule has 0 spiro atoms. The highest BCUT2D eigenvalue weighted by Crippen LogP contribution is 2.39. The van der Waals surface area contributed by atoms with Gasteiger partial charge in [-0.15, -0.1) is 0 Å². The molecule has 2 aromatic carbocycles. The van der Waals surface area contributed by atoms with Crippen LogP contribution in [0.15, 0.2) is 46.9 Å². The first-order valence-corrected chi connectivity index (χ1v) is 10.2. The monoisotopic (exact) mass is 393 g/mol. The average Bonchev–Trinajstić information content (AvgIpc) is 2.57. The highest BCUT2D eigenvalue weighted by Gasteiger charge is 2.27. The van der Waals surface area contributed by atoms with Crippen LogP contribution in [0, 0.1) is 0 Å². The summed E-state index contributed by atoms with van der Waals surface area (Å²) >= 11 is 12.3. The molecule has 0 aliphatic heterocycles. The van der Waals surface area contributed by atoms with Crippen molar-refractivity contribution in [3.63, 3.8) is 0 Å². The van der Waals surface area contributed by atoms with Crippen molar-refractivity contribution in [1.29, 1.82) is 0 Å². The van der Waals surface area contributed by atoms with E-state index < -0.39 is 11.0 Å². The van der Waals surface area contributed by atoms with Crippen molar-refractivity contribution in [2.24, 2.45) is 4.40 Å². The smallest absolute Gasteiger partial charge is 0.145 e. The molecule has 5 heteroatoms. The second kappa shape index (κ2) is 7.22. The fraction of sp³-hybridized carbons (Fsp3) is 0.350. The van der Waals surface area contributed by atoms with Crippen LogP contribution in [0.4, 0.5) is 0 Å². The molecule has 0 N–H and O–H groups in total. The summed E-state index contributed by atoms with van der Waals surface area (Å²) in [5, 5.41) is 1.14. The summed E-state index contributed by atoms with van der Waals surface area (Å²) in [5.74, 6) is 0.244. The maximum Gasteiger partial charge on any atom is 0.145 e. The molecule has 0 heterocycles. The predicted octanol–water partition coefficient (Wildman–Crippen LogP) is 6.17. The van der Waals surface area contributed by atoms with Gasteiger partial charge in [-0.3, -0.25) is 0 Å². The van der Waals surface area contributed by atoms with Gasteiger partial charge in [-0.25, -0.2) is 4.21 Å². The molecule has 0 bridgehead atoms. The van der Waals surface area contributed by atoms with Gasteiger partial charge in [0, 0.05) is 11.5 Å². The van der Waals surface area contributed by atoms with Crippen LogP contribution in [-0.2, 0) is 11.0 Å². The van der Waals surface area contributed by atoms with Gasteiger partial charge in [0.25, 0.3) is 0 Å². The van der Waals surface area contributed by atoms with E-state index in [9.17, 15) is 4.21 Å². The molecule has 0 unspecified atom stereocenters. The lowest BCUT2D eigenvalue weighted by molar-refractivity contribution is 0.650. The van der Waals surface area contributed by atoms with Crippen molar-refractivity contribution < 1.29 is 4.21 Å². The number of hydrogen-bond acceptors (Lipinski definition) is 1. The van der Waals surface area contributed by atoms with Gasteiger partial charge in [0.2, 0.25) is 0 Å². The van der Waals surface area contributed by atoms with Crippen LogP contribution in [0.1, 0.15) is 56.2 Å². The molecule has 0 saturated heterocycles. The quantitative estimate of drug-likeness (QED) is 0.599. The summed E-state index contributed by atoms with van der Waals surface area (Å²) < 4.78 is 16.7. The van der Waals surface area contributed by atoms with E-state index in [1.807, 2.05) is 51.1 Å². The van der Waals surface area contributed by atoms with Gasteiger partial charge < -0.3 is 0 Å². The third-order valence-corrected chi connectivity index (χ3v) is 6.55. The van der Waals surface area contributed by atoms with E-state index in [4.69, 9.17) is 23.2 Å². The summed E-state index contributed by atoms with van der Waals surface area (Å²) in [6, 6.07) is 14.1. The number of benzene rings is 2. The van der Waals surface area contributed by atoms with Crippen LogP contribution in [0.5, 0.6) is 0 Å². The first-order valence-electron chi connectivity index (χ1n) is 8.31. The molecule has 0 aromatic heterocycles. The van der Waals surface area contributed by atoms with Gasteiger partial charge in [0.15, 0.2) is 0 Å². The van der Waals surface area contributed by atoms with Gasteiger partial charge >= 0.3 is 0 Å². The number of rotatable bonds is 2. The van der Waals surface area contributed by atoms with Crippen molar-refractivity contribution in [3.8, 4) is 0 Å². The Morgan fingerprint density at radius 3 is 2.48 bits per heavy atom. The number of nitrogens with zero attached hydrogens (tertiary/aromatic N) is 1. The molecule has 0 amide bonds. The largest absolute Gasteiger partial charge is 0.234 e. The second-order valence-electron chi connectivity index (χ2n) is 7.25. The SMILES string of the molecule is CC(C)(C)[S@@](=O)/N=C1\CC[C@H](c2ccc(Cl)c(Cl)c2)c2ccccc21. The van der Waals surface area contributed by atoms with Crippen LogP contribution in [0.3, 0.4) is 0 Å². The molecule has 2 atom stereocenters. The molecule has 2 nitrogen and oxygen atoms in total. The van der Waals surface area contributed by atoms with Gasteiger partial charge in [-0.1, -0.05) is 53.5 Å².